The number of imide groups is 2. The second-order valence-electron chi connectivity index (χ2n) is 10.9. The van der Waals surface area contributed by atoms with E-state index in [4.69, 9.17) is 0 Å². The molecular weight excluding hydrogens is 528 g/mol. The lowest BCUT2D eigenvalue weighted by molar-refractivity contribution is -0.123. The molecule has 1 N–H and O–H groups in total. The highest BCUT2D eigenvalue weighted by atomic mass is 16.2. The van der Waals surface area contributed by atoms with E-state index in [-0.39, 0.29) is 36.2 Å². The van der Waals surface area contributed by atoms with E-state index in [1.165, 1.54) is 9.80 Å². The summed E-state index contributed by atoms with van der Waals surface area (Å²) in [6, 6.07) is 16.4. The summed E-state index contributed by atoms with van der Waals surface area (Å²) in [5, 5.41) is 5.05. The van der Waals surface area contributed by atoms with Gasteiger partial charge in [0.2, 0.25) is 0 Å². The van der Waals surface area contributed by atoms with Crippen molar-refractivity contribution in [2.45, 2.75) is 26.3 Å². The summed E-state index contributed by atoms with van der Waals surface area (Å²) in [6.45, 7) is 10.2. The number of hydrogen-bond donors (Lipinski definition) is 1. The highest BCUT2D eigenvalue weighted by molar-refractivity contribution is 6.31. The van der Waals surface area contributed by atoms with Gasteiger partial charge in [-0.2, -0.15) is 0 Å². The Labute approximate surface area is 246 Å². The van der Waals surface area contributed by atoms with Crippen molar-refractivity contribution in [1.82, 2.24) is 20.0 Å². The summed E-state index contributed by atoms with van der Waals surface area (Å²) in [5.74, 6) is -1.09. The van der Waals surface area contributed by atoms with E-state index in [2.05, 4.69) is 16.8 Å². The molecule has 0 radical (unpaired) electrons. The molecule has 0 fully saturated rings. The lowest BCUT2D eigenvalue weighted by atomic mass is 9.89. The van der Waals surface area contributed by atoms with Gasteiger partial charge in [-0.25, -0.2) is 0 Å². The number of carbonyl (C=O) groups is 4. The fraction of sp³-hybridized carbons (Fsp3) is 0.294. The topological polar surface area (TPSA) is 90.0 Å². The standard InChI is InChI=1S/C34H36N4O4/c1-5-23-11-7-14-26-29(23)25(6-2)31(39)38(34(26)42)21-22(3)35-17-10-18-36(4)19-20-37-32(40)27-15-8-12-24-13-9-16-28(30(24)27)33(37)41/h5-9,11-16,22,35H,1,10,17-21H2,2-4H3/b25-6+. The van der Waals surface area contributed by atoms with Crippen LogP contribution in [0.5, 0.6) is 0 Å². The molecule has 2 aliphatic heterocycles. The average Bonchev–Trinajstić information content (AvgIpc) is 3.00. The molecule has 3 aromatic carbocycles. The van der Waals surface area contributed by atoms with Crippen LogP contribution >= 0.6 is 0 Å². The lowest BCUT2D eigenvalue weighted by Gasteiger charge is -2.31. The molecule has 8 heteroatoms. The SMILES string of the molecule is C=Cc1cccc2c1/C(=C\C)C(=O)N(CC(C)NCCCN(C)CCN1C(=O)c3cccc4cccc(c34)C1=O)C2=O. The van der Waals surface area contributed by atoms with Gasteiger partial charge in [0.25, 0.3) is 23.6 Å². The van der Waals surface area contributed by atoms with Crippen LogP contribution in [0.25, 0.3) is 22.4 Å². The van der Waals surface area contributed by atoms with E-state index < -0.39 is 0 Å². The number of fused-ring (bicyclic) bond motifs is 1. The molecule has 0 aromatic heterocycles. The minimum absolute atomic E-state index is 0.100. The van der Waals surface area contributed by atoms with Crippen LogP contribution in [0.4, 0.5) is 0 Å². The second-order valence-corrected chi connectivity index (χ2v) is 10.9. The molecule has 0 bridgehead atoms. The molecule has 2 aliphatic rings. The molecule has 0 saturated heterocycles. The molecule has 1 unspecified atom stereocenters. The Morgan fingerprint density at radius 2 is 1.48 bits per heavy atom. The molecule has 42 heavy (non-hydrogen) atoms. The molecule has 5 rings (SSSR count). The van der Waals surface area contributed by atoms with Gasteiger partial charge in [0.15, 0.2) is 0 Å². The van der Waals surface area contributed by atoms with Crippen LogP contribution in [0.15, 0.2) is 67.3 Å². The largest absolute Gasteiger partial charge is 0.312 e. The minimum Gasteiger partial charge on any atom is -0.312 e. The molecule has 0 spiro atoms. The van der Waals surface area contributed by atoms with Crippen LogP contribution in [-0.4, -0.2) is 84.1 Å². The van der Waals surface area contributed by atoms with Crippen LogP contribution in [-0.2, 0) is 4.79 Å². The van der Waals surface area contributed by atoms with Crippen LogP contribution in [0.3, 0.4) is 0 Å². The van der Waals surface area contributed by atoms with Crippen molar-refractivity contribution in [1.29, 1.82) is 0 Å². The molecule has 216 valence electrons. The normalized spacial score (nSPS) is 16.5. The van der Waals surface area contributed by atoms with Gasteiger partial charge < -0.3 is 10.2 Å². The van der Waals surface area contributed by atoms with Crippen molar-refractivity contribution in [2.75, 3.05) is 39.8 Å². The Kier molecular flexibility index (Phi) is 8.47. The first-order valence-electron chi connectivity index (χ1n) is 14.3. The molecule has 0 saturated carbocycles. The van der Waals surface area contributed by atoms with Gasteiger partial charge in [-0.05, 0) is 69.6 Å². The number of hydrogen-bond acceptors (Lipinski definition) is 6. The van der Waals surface area contributed by atoms with Gasteiger partial charge in [0, 0.05) is 58.9 Å². The monoisotopic (exact) mass is 564 g/mol. The minimum atomic E-state index is -0.293. The fourth-order valence-electron chi connectivity index (χ4n) is 5.84. The van der Waals surface area contributed by atoms with Crippen molar-refractivity contribution in [3.8, 4) is 0 Å². The van der Waals surface area contributed by atoms with Gasteiger partial charge in [0.1, 0.15) is 0 Å². The third-order valence-electron chi connectivity index (χ3n) is 8.05. The first kappa shape index (κ1) is 29.1. The Morgan fingerprint density at radius 3 is 2.12 bits per heavy atom. The third-order valence-corrected chi connectivity index (χ3v) is 8.05. The maximum atomic E-state index is 13.2. The van der Waals surface area contributed by atoms with E-state index in [1.54, 1.807) is 37.3 Å². The highest BCUT2D eigenvalue weighted by Crippen LogP contribution is 2.32. The zero-order valence-corrected chi connectivity index (χ0v) is 24.4. The summed E-state index contributed by atoms with van der Waals surface area (Å²) in [5.41, 5.74) is 3.59. The molecular formula is C34H36N4O4. The summed E-state index contributed by atoms with van der Waals surface area (Å²) in [6.07, 6.45) is 4.24. The van der Waals surface area contributed by atoms with E-state index in [9.17, 15) is 19.2 Å². The van der Waals surface area contributed by atoms with E-state index in [0.717, 1.165) is 29.3 Å². The lowest BCUT2D eigenvalue weighted by Crippen LogP contribution is -2.48. The predicted octanol–water partition coefficient (Wildman–Crippen LogP) is 4.46. The maximum Gasteiger partial charge on any atom is 0.261 e. The fourth-order valence-corrected chi connectivity index (χ4v) is 5.84. The average molecular weight is 565 g/mol. The summed E-state index contributed by atoms with van der Waals surface area (Å²) < 4.78 is 0. The number of carbonyl (C=O) groups excluding carboxylic acids is 4. The van der Waals surface area contributed by atoms with Gasteiger partial charge in [-0.1, -0.05) is 55.1 Å². The second kappa shape index (κ2) is 12.2. The van der Waals surface area contributed by atoms with E-state index >= 15 is 0 Å². The van der Waals surface area contributed by atoms with Gasteiger partial charge in [-0.15, -0.1) is 0 Å². The van der Waals surface area contributed by atoms with Crippen molar-refractivity contribution in [2.24, 2.45) is 0 Å². The highest BCUT2D eigenvalue weighted by Gasteiger charge is 2.36. The number of likely N-dealkylation sites (N-methyl/N-ethyl adjacent to an activating group) is 1. The number of amides is 4. The Balaban J connectivity index is 1.11. The van der Waals surface area contributed by atoms with Crippen molar-refractivity contribution < 1.29 is 19.2 Å². The zero-order chi connectivity index (χ0) is 30.0. The first-order chi connectivity index (χ1) is 20.3. The molecule has 0 aliphatic carbocycles. The predicted molar refractivity (Wildman–Crippen MR) is 165 cm³/mol. The Hall–Kier alpha value is -4.40. The molecule has 1 atom stereocenters. The quantitative estimate of drug-likeness (QED) is 0.210. The van der Waals surface area contributed by atoms with Crippen LogP contribution in [0, 0.1) is 0 Å². The first-order valence-corrected chi connectivity index (χ1v) is 14.3. The van der Waals surface area contributed by atoms with Crippen molar-refractivity contribution >= 4 is 46.1 Å². The van der Waals surface area contributed by atoms with Crippen LogP contribution in [0.1, 0.15) is 62.5 Å². The molecule has 8 nitrogen and oxygen atoms in total. The summed E-state index contributed by atoms with van der Waals surface area (Å²) in [7, 11) is 1.97. The smallest absolute Gasteiger partial charge is 0.261 e. The van der Waals surface area contributed by atoms with E-state index in [1.807, 2.05) is 50.4 Å². The molecule has 2 heterocycles. The number of rotatable bonds is 11. The number of nitrogens with one attached hydrogen (secondary N) is 1. The van der Waals surface area contributed by atoms with Crippen molar-refractivity contribution in [3.05, 3.63) is 95.1 Å². The van der Waals surface area contributed by atoms with Crippen LogP contribution in [0.2, 0.25) is 0 Å². The van der Waals surface area contributed by atoms with Crippen molar-refractivity contribution in [3.63, 3.8) is 0 Å². The van der Waals surface area contributed by atoms with Crippen LogP contribution < -0.4 is 5.32 Å². The van der Waals surface area contributed by atoms with Gasteiger partial charge in [0.05, 0.1) is 0 Å². The Bertz CT molecular complexity index is 1570. The number of benzene rings is 3. The molecule has 4 amide bonds. The van der Waals surface area contributed by atoms with E-state index in [0.29, 0.717) is 47.5 Å². The third kappa shape index (κ3) is 5.31. The van der Waals surface area contributed by atoms with Gasteiger partial charge >= 0.3 is 0 Å². The number of allylic oxidation sites excluding steroid dienone is 1. The Morgan fingerprint density at radius 1 is 0.857 bits per heavy atom. The van der Waals surface area contributed by atoms with Gasteiger partial charge in [-0.3, -0.25) is 29.0 Å². The zero-order valence-electron chi connectivity index (χ0n) is 24.4. The molecule has 3 aromatic rings. The maximum absolute atomic E-state index is 13.2. The number of nitrogens with zero attached hydrogens (tertiary/aromatic N) is 3. The summed E-state index contributed by atoms with van der Waals surface area (Å²) in [4.78, 5) is 57.5. The summed E-state index contributed by atoms with van der Waals surface area (Å²) >= 11 is 0.